The molecule has 0 saturated heterocycles. The zero-order valence-corrected chi connectivity index (χ0v) is 18.0. The lowest BCUT2D eigenvalue weighted by molar-refractivity contribution is 0.248. The van der Waals surface area contributed by atoms with Crippen LogP contribution in [0.5, 0.6) is 0 Å². The molecule has 0 unspecified atom stereocenters. The third kappa shape index (κ3) is 15.7. The van der Waals surface area contributed by atoms with Crippen molar-refractivity contribution in [3.63, 3.8) is 0 Å². The maximum absolute atomic E-state index is 5.52. The fraction of sp³-hybridized carbons (Fsp3) is 1.00. The molecule has 0 rings (SSSR count). The molecule has 0 bridgehead atoms. The summed E-state index contributed by atoms with van der Waals surface area (Å²) >= 11 is 4.25. The first kappa shape index (κ1) is 23.5. The van der Waals surface area contributed by atoms with Crippen LogP contribution in [-0.4, -0.2) is 28.5 Å². The summed E-state index contributed by atoms with van der Waals surface area (Å²) in [5.74, 6) is 1.06. The molecular formula is C19H42O2SSi. The first-order valence-electron chi connectivity index (χ1n) is 9.89. The Bertz CT molecular complexity index is 235. The van der Waals surface area contributed by atoms with Crippen molar-refractivity contribution in [3.05, 3.63) is 0 Å². The third-order valence-corrected chi connectivity index (χ3v) is 8.21. The van der Waals surface area contributed by atoms with Crippen LogP contribution in [0.4, 0.5) is 0 Å². The summed E-state index contributed by atoms with van der Waals surface area (Å²) < 4.78 is 11.0. The maximum Gasteiger partial charge on any atom is 0.334 e. The first-order chi connectivity index (χ1) is 11.2. The smallest absolute Gasteiger partial charge is 0.334 e. The molecule has 0 fully saturated rings. The van der Waals surface area contributed by atoms with Gasteiger partial charge < -0.3 is 8.85 Å². The molecule has 0 aliphatic heterocycles. The van der Waals surface area contributed by atoms with E-state index in [1.807, 2.05) is 0 Å². The topological polar surface area (TPSA) is 18.5 Å². The van der Waals surface area contributed by atoms with E-state index in [9.17, 15) is 0 Å². The zero-order valence-electron chi connectivity index (χ0n) is 16.1. The van der Waals surface area contributed by atoms with Crippen LogP contribution in [0.15, 0.2) is 0 Å². The Labute approximate surface area is 152 Å². The van der Waals surface area contributed by atoms with Crippen molar-refractivity contribution in [2.24, 2.45) is 0 Å². The van der Waals surface area contributed by atoms with Crippen molar-refractivity contribution >= 4 is 21.2 Å². The monoisotopic (exact) mass is 362 g/mol. The second-order valence-electron chi connectivity index (χ2n) is 6.97. The molecule has 0 aliphatic carbocycles. The van der Waals surface area contributed by atoms with Gasteiger partial charge in [-0.25, -0.2) is 0 Å². The molecule has 0 aromatic heterocycles. The molecule has 0 spiro atoms. The zero-order chi connectivity index (χ0) is 17.2. The summed E-state index contributed by atoms with van der Waals surface area (Å²) in [6.45, 7) is 2.16. The van der Waals surface area contributed by atoms with E-state index >= 15 is 0 Å². The number of hydrogen-bond acceptors (Lipinski definition) is 3. The largest absolute Gasteiger partial charge is 0.398 e. The van der Waals surface area contributed by atoms with Crippen molar-refractivity contribution in [1.29, 1.82) is 0 Å². The van der Waals surface area contributed by atoms with Gasteiger partial charge in [0.25, 0.3) is 0 Å². The van der Waals surface area contributed by atoms with Crippen LogP contribution < -0.4 is 0 Å². The highest BCUT2D eigenvalue weighted by Crippen LogP contribution is 2.18. The fourth-order valence-electron chi connectivity index (χ4n) is 2.97. The molecule has 140 valence electrons. The summed E-state index contributed by atoms with van der Waals surface area (Å²) in [6, 6.07) is 1.13. The summed E-state index contributed by atoms with van der Waals surface area (Å²) in [7, 11) is 1.77. The molecular weight excluding hydrogens is 320 g/mol. The molecule has 4 heteroatoms. The van der Waals surface area contributed by atoms with E-state index in [1.165, 1.54) is 89.9 Å². The normalized spacial score (nSPS) is 12.0. The quantitative estimate of drug-likeness (QED) is 0.165. The van der Waals surface area contributed by atoms with E-state index in [2.05, 4.69) is 19.2 Å². The Hall–Kier alpha value is 0.487. The molecule has 0 N–H and O–H groups in total. The SMILES string of the molecule is CO[Si](C)(CCCCCCCCCCCCCCCCS)OC. The Morgan fingerprint density at radius 3 is 1.17 bits per heavy atom. The highest BCUT2D eigenvalue weighted by Gasteiger charge is 2.27. The van der Waals surface area contributed by atoms with E-state index in [1.54, 1.807) is 14.2 Å². The summed E-state index contributed by atoms with van der Waals surface area (Å²) in [5, 5.41) is 0. The molecule has 23 heavy (non-hydrogen) atoms. The number of hydrogen-bond donors (Lipinski definition) is 1. The van der Waals surface area contributed by atoms with Gasteiger partial charge in [-0.3, -0.25) is 0 Å². The summed E-state index contributed by atoms with van der Waals surface area (Å²) in [6.07, 6.45) is 19.5. The van der Waals surface area contributed by atoms with Crippen LogP contribution in [0.1, 0.15) is 89.9 Å². The van der Waals surface area contributed by atoms with Crippen LogP contribution in [0.3, 0.4) is 0 Å². The van der Waals surface area contributed by atoms with E-state index < -0.39 is 8.56 Å². The predicted octanol–water partition coefficient (Wildman–Crippen LogP) is 6.74. The molecule has 0 aromatic carbocycles. The van der Waals surface area contributed by atoms with Gasteiger partial charge in [-0.1, -0.05) is 83.5 Å². The van der Waals surface area contributed by atoms with Crippen molar-refractivity contribution in [1.82, 2.24) is 0 Å². The van der Waals surface area contributed by atoms with Gasteiger partial charge in [-0.2, -0.15) is 12.6 Å². The van der Waals surface area contributed by atoms with Gasteiger partial charge in [0.05, 0.1) is 0 Å². The van der Waals surface area contributed by atoms with Crippen LogP contribution in [0.25, 0.3) is 0 Å². The van der Waals surface area contributed by atoms with Gasteiger partial charge in [-0.15, -0.1) is 0 Å². The Balaban J connectivity index is 3.14. The van der Waals surface area contributed by atoms with Gasteiger partial charge in [-0.05, 0) is 24.8 Å². The van der Waals surface area contributed by atoms with Crippen molar-refractivity contribution < 1.29 is 8.85 Å². The van der Waals surface area contributed by atoms with E-state index in [0.717, 1.165) is 11.8 Å². The Morgan fingerprint density at radius 2 is 0.870 bits per heavy atom. The standard InChI is InChI=1S/C19H42O2SSi/c1-20-23(3,21-2)19-17-15-13-11-9-7-5-4-6-8-10-12-14-16-18-22/h22H,4-19H2,1-3H3. The Morgan fingerprint density at radius 1 is 0.565 bits per heavy atom. The molecule has 0 saturated carbocycles. The lowest BCUT2D eigenvalue weighted by Gasteiger charge is -2.22. The number of rotatable bonds is 18. The highest BCUT2D eigenvalue weighted by atomic mass is 32.1. The molecule has 0 heterocycles. The van der Waals surface area contributed by atoms with Crippen LogP contribution in [0, 0.1) is 0 Å². The van der Waals surface area contributed by atoms with Gasteiger partial charge in [0.2, 0.25) is 0 Å². The number of thiol groups is 1. The van der Waals surface area contributed by atoms with Crippen molar-refractivity contribution in [3.8, 4) is 0 Å². The second-order valence-corrected chi connectivity index (χ2v) is 11.0. The van der Waals surface area contributed by atoms with Gasteiger partial charge >= 0.3 is 8.56 Å². The van der Waals surface area contributed by atoms with Crippen LogP contribution >= 0.6 is 12.6 Å². The van der Waals surface area contributed by atoms with Crippen LogP contribution in [0.2, 0.25) is 12.6 Å². The Kier molecular flexibility index (Phi) is 17.7. The third-order valence-electron chi connectivity index (χ3n) is 4.90. The molecule has 2 nitrogen and oxygen atoms in total. The maximum atomic E-state index is 5.52. The summed E-state index contributed by atoms with van der Waals surface area (Å²) in [5.41, 5.74) is 0. The molecule has 0 amide bonds. The number of unbranched alkanes of at least 4 members (excludes halogenated alkanes) is 13. The lowest BCUT2D eigenvalue weighted by atomic mass is 10.0. The minimum atomic E-state index is -1.81. The highest BCUT2D eigenvalue weighted by molar-refractivity contribution is 7.80. The van der Waals surface area contributed by atoms with E-state index in [4.69, 9.17) is 8.85 Å². The predicted molar refractivity (Wildman–Crippen MR) is 109 cm³/mol. The average Bonchev–Trinajstić information content (AvgIpc) is 2.58. The van der Waals surface area contributed by atoms with Crippen molar-refractivity contribution in [2.45, 2.75) is 102 Å². The van der Waals surface area contributed by atoms with Crippen molar-refractivity contribution in [2.75, 3.05) is 20.0 Å². The minimum Gasteiger partial charge on any atom is -0.398 e. The van der Waals surface area contributed by atoms with Gasteiger partial charge in [0.1, 0.15) is 0 Å². The molecule has 0 atom stereocenters. The lowest BCUT2D eigenvalue weighted by Crippen LogP contribution is -2.35. The average molecular weight is 363 g/mol. The minimum absolute atomic E-state index is 1.06. The van der Waals surface area contributed by atoms with Gasteiger partial charge in [0, 0.05) is 14.2 Å². The van der Waals surface area contributed by atoms with Crippen LogP contribution in [-0.2, 0) is 8.85 Å². The molecule has 0 radical (unpaired) electrons. The second kappa shape index (κ2) is 17.3. The fourth-order valence-corrected chi connectivity index (χ4v) is 4.66. The molecule has 0 aliphatic rings. The first-order valence-corrected chi connectivity index (χ1v) is 13.1. The molecule has 0 aromatic rings. The summed E-state index contributed by atoms with van der Waals surface area (Å²) in [4.78, 5) is 0. The van der Waals surface area contributed by atoms with Gasteiger partial charge in [0.15, 0.2) is 0 Å². The van der Waals surface area contributed by atoms with E-state index in [0.29, 0.717) is 0 Å². The van der Waals surface area contributed by atoms with E-state index in [-0.39, 0.29) is 0 Å².